The molecule has 0 heterocycles. The molecule has 94 valence electrons. The molecule has 1 N–H and O–H groups in total. The van der Waals surface area contributed by atoms with Gasteiger partial charge in [-0.25, -0.2) is 13.2 Å². The van der Waals surface area contributed by atoms with Gasteiger partial charge in [0.15, 0.2) is 0 Å². The highest BCUT2D eigenvalue weighted by atomic mass is 79.9. The van der Waals surface area contributed by atoms with E-state index in [1.807, 2.05) is 6.92 Å². The normalized spacial score (nSPS) is 12.3. The number of halogens is 4. The van der Waals surface area contributed by atoms with E-state index in [4.69, 9.17) is 0 Å². The van der Waals surface area contributed by atoms with Crippen LogP contribution in [-0.4, -0.2) is 17.3 Å². The van der Waals surface area contributed by atoms with Crippen LogP contribution in [0.15, 0.2) is 12.1 Å². The molecule has 1 amide bonds. The minimum atomic E-state index is -1.20. The lowest BCUT2D eigenvalue weighted by atomic mass is 10.1. The highest BCUT2D eigenvalue weighted by Crippen LogP contribution is 2.15. The predicted molar refractivity (Wildman–Crippen MR) is 61.7 cm³/mol. The first-order chi connectivity index (χ1) is 7.99. The van der Waals surface area contributed by atoms with Gasteiger partial charge in [-0.15, -0.1) is 0 Å². The maximum absolute atomic E-state index is 13.3. The first-order valence-corrected chi connectivity index (χ1v) is 6.13. The average molecular weight is 310 g/mol. The van der Waals surface area contributed by atoms with Crippen LogP contribution >= 0.6 is 15.9 Å². The van der Waals surface area contributed by atoms with E-state index in [1.165, 1.54) is 0 Å². The highest BCUT2D eigenvalue weighted by molar-refractivity contribution is 9.09. The number of hydrogen-bond donors (Lipinski definition) is 1. The molecule has 1 rings (SSSR count). The van der Waals surface area contributed by atoms with E-state index in [-0.39, 0.29) is 6.04 Å². The monoisotopic (exact) mass is 309 g/mol. The number of benzene rings is 1. The van der Waals surface area contributed by atoms with E-state index in [2.05, 4.69) is 21.2 Å². The van der Waals surface area contributed by atoms with Crippen LogP contribution in [0.3, 0.4) is 0 Å². The van der Waals surface area contributed by atoms with E-state index >= 15 is 0 Å². The molecule has 2 nitrogen and oxygen atoms in total. The number of carbonyl (C=O) groups excluding carboxylic acids is 1. The Labute approximate surface area is 105 Å². The summed E-state index contributed by atoms with van der Waals surface area (Å²) in [6.45, 7) is 1.82. The molecule has 1 aromatic rings. The summed E-state index contributed by atoms with van der Waals surface area (Å²) in [6.07, 6.45) is 0.613. The third kappa shape index (κ3) is 3.46. The Balaban J connectivity index is 2.96. The lowest BCUT2D eigenvalue weighted by Crippen LogP contribution is -2.36. The molecule has 0 radical (unpaired) electrons. The number of hydrogen-bond acceptors (Lipinski definition) is 1. The summed E-state index contributed by atoms with van der Waals surface area (Å²) in [5.41, 5.74) is -0.759. The Bertz CT molecular complexity index is 398. The fourth-order valence-electron chi connectivity index (χ4n) is 1.27. The number of alkyl halides is 1. The van der Waals surface area contributed by atoms with Gasteiger partial charge in [-0.1, -0.05) is 22.9 Å². The standard InChI is InChI=1S/C11H11BrF3NO/c1-2-7(5-12)16-11(17)10-8(14)3-6(13)4-9(10)15/h3-4,7H,2,5H2,1H3,(H,16,17). The topological polar surface area (TPSA) is 29.1 Å². The fourth-order valence-corrected chi connectivity index (χ4v) is 1.89. The Hall–Kier alpha value is -1.04. The Morgan fingerprint density at radius 1 is 1.35 bits per heavy atom. The zero-order valence-corrected chi connectivity index (χ0v) is 10.7. The molecular weight excluding hydrogens is 299 g/mol. The van der Waals surface area contributed by atoms with Gasteiger partial charge in [0.25, 0.3) is 5.91 Å². The van der Waals surface area contributed by atoms with Crippen LogP contribution in [0, 0.1) is 17.5 Å². The molecule has 1 unspecified atom stereocenters. The molecule has 0 bridgehead atoms. The number of amides is 1. The van der Waals surface area contributed by atoms with Crippen molar-refractivity contribution in [1.82, 2.24) is 5.32 Å². The summed E-state index contributed by atoms with van der Waals surface area (Å²) in [7, 11) is 0. The third-order valence-corrected chi connectivity index (χ3v) is 3.03. The average Bonchev–Trinajstić information content (AvgIpc) is 2.24. The smallest absolute Gasteiger partial charge is 0.257 e. The van der Waals surface area contributed by atoms with E-state index in [0.717, 1.165) is 0 Å². The van der Waals surface area contributed by atoms with Gasteiger partial charge in [0.1, 0.15) is 23.0 Å². The molecule has 0 aliphatic carbocycles. The Kier molecular flexibility index (Phi) is 4.99. The lowest BCUT2D eigenvalue weighted by Gasteiger charge is -2.14. The Morgan fingerprint density at radius 3 is 2.29 bits per heavy atom. The van der Waals surface area contributed by atoms with E-state index in [1.54, 1.807) is 0 Å². The molecule has 0 spiro atoms. The zero-order chi connectivity index (χ0) is 13.0. The van der Waals surface area contributed by atoms with Gasteiger partial charge in [-0.2, -0.15) is 0 Å². The second-order valence-electron chi connectivity index (χ2n) is 3.48. The minimum absolute atomic E-state index is 0.230. The molecule has 17 heavy (non-hydrogen) atoms. The maximum Gasteiger partial charge on any atom is 0.257 e. The van der Waals surface area contributed by atoms with Crippen LogP contribution in [-0.2, 0) is 0 Å². The van der Waals surface area contributed by atoms with Gasteiger partial charge in [0.05, 0.1) is 0 Å². The summed E-state index contributed by atoms with van der Waals surface area (Å²) in [4.78, 5) is 11.6. The second kappa shape index (κ2) is 6.05. The van der Waals surface area contributed by atoms with Crippen molar-refractivity contribution in [1.29, 1.82) is 0 Å². The summed E-state index contributed by atoms with van der Waals surface area (Å²) >= 11 is 3.16. The predicted octanol–water partition coefficient (Wildman–Crippen LogP) is 3.01. The fraction of sp³-hybridized carbons (Fsp3) is 0.364. The number of rotatable bonds is 4. The van der Waals surface area contributed by atoms with Crippen molar-refractivity contribution >= 4 is 21.8 Å². The van der Waals surface area contributed by atoms with E-state index in [0.29, 0.717) is 23.9 Å². The number of carbonyl (C=O) groups is 1. The van der Waals surface area contributed by atoms with Crippen LogP contribution in [0.5, 0.6) is 0 Å². The van der Waals surface area contributed by atoms with Crippen molar-refractivity contribution in [2.24, 2.45) is 0 Å². The summed E-state index contributed by atoms with van der Waals surface area (Å²) in [5.74, 6) is -4.34. The molecule has 6 heteroatoms. The van der Waals surface area contributed by atoms with Crippen molar-refractivity contribution in [3.63, 3.8) is 0 Å². The Morgan fingerprint density at radius 2 is 1.88 bits per heavy atom. The second-order valence-corrected chi connectivity index (χ2v) is 4.12. The van der Waals surface area contributed by atoms with E-state index in [9.17, 15) is 18.0 Å². The van der Waals surface area contributed by atoms with Crippen molar-refractivity contribution in [3.8, 4) is 0 Å². The van der Waals surface area contributed by atoms with Gasteiger partial charge in [0.2, 0.25) is 0 Å². The van der Waals surface area contributed by atoms with Crippen LogP contribution < -0.4 is 5.32 Å². The maximum atomic E-state index is 13.3. The highest BCUT2D eigenvalue weighted by Gasteiger charge is 2.20. The quantitative estimate of drug-likeness (QED) is 0.851. The van der Waals surface area contributed by atoms with E-state index < -0.39 is 28.9 Å². The molecule has 0 saturated carbocycles. The first-order valence-electron chi connectivity index (χ1n) is 5.01. The van der Waals surface area contributed by atoms with Gasteiger partial charge >= 0.3 is 0 Å². The van der Waals surface area contributed by atoms with Gasteiger partial charge < -0.3 is 5.32 Å². The van der Waals surface area contributed by atoms with Crippen molar-refractivity contribution in [2.45, 2.75) is 19.4 Å². The van der Waals surface area contributed by atoms with Gasteiger partial charge in [-0.05, 0) is 6.42 Å². The van der Waals surface area contributed by atoms with Crippen molar-refractivity contribution < 1.29 is 18.0 Å². The molecule has 1 atom stereocenters. The summed E-state index contributed by atoms with van der Waals surface area (Å²) in [6, 6.07) is 0.728. The van der Waals surface area contributed by atoms with Crippen LogP contribution in [0.25, 0.3) is 0 Å². The zero-order valence-electron chi connectivity index (χ0n) is 9.07. The molecule has 1 aromatic carbocycles. The molecule has 0 aliphatic rings. The summed E-state index contributed by atoms with van der Waals surface area (Å²) < 4.78 is 39.2. The molecule has 0 aliphatic heterocycles. The molecule has 0 saturated heterocycles. The SMILES string of the molecule is CCC(CBr)NC(=O)c1c(F)cc(F)cc1F. The largest absolute Gasteiger partial charge is 0.348 e. The summed E-state index contributed by atoms with van der Waals surface area (Å²) in [5, 5.41) is 2.92. The van der Waals surface area contributed by atoms with Crippen molar-refractivity contribution in [2.75, 3.05) is 5.33 Å². The molecule has 0 fully saturated rings. The van der Waals surface area contributed by atoms with Crippen LogP contribution in [0.2, 0.25) is 0 Å². The van der Waals surface area contributed by atoms with Crippen molar-refractivity contribution in [3.05, 3.63) is 35.1 Å². The number of nitrogens with one attached hydrogen (secondary N) is 1. The van der Waals surface area contributed by atoms with Crippen LogP contribution in [0.4, 0.5) is 13.2 Å². The minimum Gasteiger partial charge on any atom is -0.348 e. The third-order valence-electron chi connectivity index (χ3n) is 2.25. The molecular formula is C11H11BrF3NO. The van der Waals surface area contributed by atoms with Gasteiger partial charge in [-0.3, -0.25) is 4.79 Å². The van der Waals surface area contributed by atoms with Gasteiger partial charge in [0, 0.05) is 23.5 Å². The van der Waals surface area contributed by atoms with Crippen LogP contribution in [0.1, 0.15) is 23.7 Å². The first kappa shape index (κ1) is 14.0. The lowest BCUT2D eigenvalue weighted by molar-refractivity contribution is 0.0931. The molecule has 0 aromatic heterocycles.